The summed E-state index contributed by atoms with van der Waals surface area (Å²) in [5.74, 6) is -0.460. The number of carbonyl (C=O) groups excluding carboxylic acids is 2. The lowest BCUT2D eigenvalue weighted by atomic mass is 10.1. The molecule has 1 heterocycles. The molecule has 2 N–H and O–H groups in total. The van der Waals surface area contributed by atoms with Crippen molar-refractivity contribution in [3.05, 3.63) is 95.8 Å². The Balaban J connectivity index is 1.47. The van der Waals surface area contributed by atoms with Crippen LogP contribution < -0.4 is 10.6 Å². The van der Waals surface area contributed by atoms with Crippen LogP contribution in [-0.4, -0.2) is 26.9 Å². The number of hydrogen-bond donors (Lipinski definition) is 2. The molecule has 0 saturated heterocycles. The molecular weight excluding hydrogens is 504 g/mol. The number of hydrogen-bond acceptors (Lipinski definition) is 7. The highest BCUT2D eigenvalue weighted by Crippen LogP contribution is 2.37. The molecule has 4 rings (SSSR count). The van der Waals surface area contributed by atoms with Gasteiger partial charge in [-0.05, 0) is 47.7 Å². The molecule has 3 aromatic carbocycles. The molecule has 0 aliphatic heterocycles. The number of nitrogens with zero attached hydrogens (tertiary/aromatic N) is 2. The van der Waals surface area contributed by atoms with E-state index in [0.717, 1.165) is 27.7 Å². The van der Waals surface area contributed by atoms with Gasteiger partial charge in [0, 0.05) is 22.1 Å². The molecule has 1 unspecified atom stereocenters. The monoisotopic (exact) mass is 524 g/mol. The van der Waals surface area contributed by atoms with Gasteiger partial charge >= 0.3 is 0 Å². The van der Waals surface area contributed by atoms with E-state index < -0.39 is 17.0 Å². The maximum atomic E-state index is 13.9. The first kappa shape index (κ1) is 24.9. The van der Waals surface area contributed by atoms with Gasteiger partial charge in [-0.15, -0.1) is 11.8 Å². The van der Waals surface area contributed by atoms with Gasteiger partial charge in [0.1, 0.15) is 11.1 Å². The number of anilines is 2. The summed E-state index contributed by atoms with van der Waals surface area (Å²) in [4.78, 5) is 30.7. The molecule has 1 aromatic heterocycles. The first-order chi connectivity index (χ1) is 17.0. The zero-order valence-corrected chi connectivity index (χ0v) is 21.1. The molecule has 0 aliphatic carbocycles. The van der Waals surface area contributed by atoms with E-state index in [4.69, 9.17) is 0 Å². The third kappa shape index (κ3) is 6.68. The first-order valence-electron chi connectivity index (χ1n) is 10.7. The van der Waals surface area contributed by atoms with Gasteiger partial charge < -0.3 is 5.32 Å². The SMILES string of the molecule is CCSc1nsc(NC(=O)C(Sc2ccc(NC(=O)c3ccccc3F)cc2)c2ccccc2)n1. The second-order valence-corrected chi connectivity index (χ2v) is 10.3. The van der Waals surface area contributed by atoms with Crippen LogP contribution in [0.1, 0.15) is 28.1 Å². The zero-order chi connectivity index (χ0) is 24.6. The van der Waals surface area contributed by atoms with Gasteiger partial charge in [0.2, 0.25) is 16.2 Å². The van der Waals surface area contributed by atoms with E-state index in [1.807, 2.05) is 49.4 Å². The van der Waals surface area contributed by atoms with Crippen LogP contribution in [0.2, 0.25) is 0 Å². The summed E-state index contributed by atoms with van der Waals surface area (Å²) in [7, 11) is 0. The quantitative estimate of drug-likeness (QED) is 0.243. The van der Waals surface area contributed by atoms with E-state index in [-0.39, 0.29) is 11.5 Å². The predicted octanol–water partition coefficient (Wildman–Crippen LogP) is 6.51. The second kappa shape index (κ2) is 12.0. The van der Waals surface area contributed by atoms with Crippen molar-refractivity contribution in [1.82, 2.24) is 9.36 Å². The lowest BCUT2D eigenvalue weighted by Crippen LogP contribution is -2.19. The van der Waals surface area contributed by atoms with Crippen molar-refractivity contribution in [2.75, 3.05) is 16.4 Å². The molecule has 1 atom stereocenters. The maximum absolute atomic E-state index is 13.9. The molecule has 10 heteroatoms. The lowest BCUT2D eigenvalue weighted by molar-refractivity contribution is -0.115. The molecule has 178 valence electrons. The van der Waals surface area contributed by atoms with Gasteiger partial charge in [-0.25, -0.2) is 4.39 Å². The van der Waals surface area contributed by atoms with Gasteiger partial charge in [0.05, 0.1) is 5.56 Å². The summed E-state index contributed by atoms with van der Waals surface area (Å²) >= 11 is 4.05. The number of halogens is 1. The topological polar surface area (TPSA) is 84.0 Å². The standard InChI is InChI=1S/C25H21FN4O2S3/c1-2-33-25-29-24(35-30-25)28-23(32)21(16-8-4-3-5-9-16)34-18-14-12-17(13-15-18)27-22(31)19-10-6-7-11-20(19)26/h3-15,21H,2H2,1H3,(H,27,31)(H,28,29,30,32). The van der Waals surface area contributed by atoms with Crippen molar-refractivity contribution < 1.29 is 14.0 Å². The Bertz CT molecular complexity index is 1300. The molecule has 0 saturated carbocycles. The normalized spacial score (nSPS) is 11.6. The molecule has 0 spiro atoms. The Morgan fingerprint density at radius 3 is 2.40 bits per heavy atom. The van der Waals surface area contributed by atoms with Crippen LogP contribution in [0.5, 0.6) is 0 Å². The predicted molar refractivity (Wildman–Crippen MR) is 141 cm³/mol. The number of benzene rings is 3. The summed E-state index contributed by atoms with van der Waals surface area (Å²) < 4.78 is 18.1. The number of carbonyl (C=O) groups is 2. The van der Waals surface area contributed by atoms with E-state index in [2.05, 4.69) is 20.0 Å². The summed E-state index contributed by atoms with van der Waals surface area (Å²) in [6.45, 7) is 2.02. The molecule has 6 nitrogen and oxygen atoms in total. The van der Waals surface area contributed by atoms with E-state index >= 15 is 0 Å². The van der Waals surface area contributed by atoms with Gasteiger partial charge in [-0.3, -0.25) is 14.9 Å². The van der Waals surface area contributed by atoms with Gasteiger partial charge in [0.25, 0.3) is 5.91 Å². The summed E-state index contributed by atoms with van der Waals surface area (Å²) in [5, 5.41) is 6.15. The molecule has 0 radical (unpaired) electrons. The van der Waals surface area contributed by atoms with Crippen LogP contribution in [0.4, 0.5) is 15.2 Å². The first-order valence-corrected chi connectivity index (χ1v) is 13.3. The van der Waals surface area contributed by atoms with Crippen molar-refractivity contribution in [2.24, 2.45) is 0 Å². The van der Waals surface area contributed by atoms with E-state index in [1.165, 1.54) is 41.7 Å². The maximum Gasteiger partial charge on any atom is 0.258 e. The highest BCUT2D eigenvalue weighted by atomic mass is 32.2. The smallest absolute Gasteiger partial charge is 0.258 e. The average Bonchev–Trinajstić information content (AvgIpc) is 3.31. The third-order valence-electron chi connectivity index (χ3n) is 4.74. The highest BCUT2D eigenvalue weighted by Gasteiger charge is 2.23. The van der Waals surface area contributed by atoms with Crippen LogP contribution in [-0.2, 0) is 4.79 Å². The van der Waals surface area contributed by atoms with Crippen molar-refractivity contribution >= 4 is 57.7 Å². The number of amides is 2. The van der Waals surface area contributed by atoms with Crippen molar-refractivity contribution in [3.8, 4) is 0 Å². The summed E-state index contributed by atoms with van der Waals surface area (Å²) in [6.07, 6.45) is 0. The third-order valence-corrected chi connectivity index (χ3v) is 7.48. The van der Waals surface area contributed by atoms with Crippen LogP contribution in [0.25, 0.3) is 0 Å². The zero-order valence-electron chi connectivity index (χ0n) is 18.6. The Kier molecular flexibility index (Phi) is 8.51. The van der Waals surface area contributed by atoms with Crippen LogP contribution in [0.3, 0.4) is 0 Å². The largest absolute Gasteiger partial charge is 0.322 e. The molecular formula is C25H21FN4O2S3. The number of aromatic nitrogens is 2. The Morgan fingerprint density at radius 1 is 0.971 bits per heavy atom. The van der Waals surface area contributed by atoms with Crippen molar-refractivity contribution in [1.29, 1.82) is 0 Å². The molecule has 35 heavy (non-hydrogen) atoms. The van der Waals surface area contributed by atoms with Crippen molar-refractivity contribution in [3.63, 3.8) is 0 Å². The van der Waals surface area contributed by atoms with Gasteiger partial charge in [-0.2, -0.15) is 9.36 Å². The Morgan fingerprint density at radius 2 is 1.69 bits per heavy atom. The minimum Gasteiger partial charge on any atom is -0.322 e. The highest BCUT2D eigenvalue weighted by molar-refractivity contribution is 8.00. The molecule has 0 aliphatic rings. The van der Waals surface area contributed by atoms with Crippen LogP contribution in [0.15, 0.2) is 88.9 Å². The van der Waals surface area contributed by atoms with Gasteiger partial charge in [-0.1, -0.05) is 61.2 Å². The Labute approximate surface area is 214 Å². The number of rotatable bonds is 9. The fourth-order valence-corrected chi connectivity index (χ4v) is 5.41. The lowest BCUT2D eigenvalue weighted by Gasteiger charge is -2.16. The van der Waals surface area contributed by atoms with Crippen molar-refractivity contribution in [2.45, 2.75) is 22.2 Å². The number of thioether (sulfide) groups is 2. The van der Waals surface area contributed by atoms with E-state index in [0.29, 0.717) is 16.0 Å². The second-order valence-electron chi connectivity index (χ2n) is 7.17. The summed E-state index contributed by atoms with van der Waals surface area (Å²) in [6, 6.07) is 22.4. The molecule has 2 amide bonds. The molecule has 0 fully saturated rings. The van der Waals surface area contributed by atoms with E-state index in [9.17, 15) is 14.0 Å². The van der Waals surface area contributed by atoms with Crippen LogP contribution in [0, 0.1) is 5.82 Å². The average molecular weight is 525 g/mol. The van der Waals surface area contributed by atoms with Gasteiger partial charge in [0.15, 0.2) is 0 Å². The van der Waals surface area contributed by atoms with E-state index in [1.54, 1.807) is 18.2 Å². The fraction of sp³-hybridized carbons (Fsp3) is 0.120. The molecule has 0 bridgehead atoms. The number of nitrogens with one attached hydrogen (secondary N) is 2. The minimum atomic E-state index is -0.579. The molecule has 4 aromatic rings. The van der Waals surface area contributed by atoms with Crippen LogP contribution >= 0.6 is 35.1 Å². The Hall–Kier alpha value is -3.21. The fourth-order valence-electron chi connectivity index (χ4n) is 3.12. The minimum absolute atomic E-state index is 0.0241. The summed E-state index contributed by atoms with van der Waals surface area (Å²) in [5.41, 5.74) is 1.35.